The number of carbonyl (C=O) groups excluding carboxylic acids is 3. The number of esters is 2. The fraction of sp³-hybridized carbons (Fsp3) is 0.227. The zero-order chi connectivity index (χ0) is 20.4. The van der Waals surface area contributed by atoms with Gasteiger partial charge in [-0.2, -0.15) is 0 Å². The molecule has 6 nitrogen and oxygen atoms in total. The summed E-state index contributed by atoms with van der Waals surface area (Å²) in [6, 6.07) is 18.6. The van der Waals surface area contributed by atoms with Crippen molar-refractivity contribution < 1.29 is 23.9 Å². The standard InChI is InChI=1S/C22H23NO5/c1-3-27-19(24)14-15-20(25)28-16(2)22(26)23-21(17-10-6-4-7-11-17)18-12-8-5-9-13-18/h4-16,21H,3H2,1-2H3,(H,23,26)/b15-14+/t16-/m0/s1. The number of ether oxygens (including phenoxy) is 2. The van der Waals surface area contributed by atoms with Gasteiger partial charge in [-0.15, -0.1) is 0 Å². The van der Waals surface area contributed by atoms with Crippen molar-refractivity contribution in [2.75, 3.05) is 6.61 Å². The van der Waals surface area contributed by atoms with E-state index in [1.165, 1.54) is 6.92 Å². The SMILES string of the molecule is CCOC(=O)/C=C/C(=O)O[C@@H](C)C(=O)NC(c1ccccc1)c1ccccc1. The number of hydrogen-bond acceptors (Lipinski definition) is 5. The topological polar surface area (TPSA) is 81.7 Å². The van der Waals surface area contributed by atoms with Gasteiger partial charge in [0.05, 0.1) is 12.6 Å². The Morgan fingerprint density at radius 1 is 0.893 bits per heavy atom. The van der Waals surface area contributed by atoms with Gasteiger partial charge in [0.2, 0.25) is 0 Å². The van der Waals surface area contributed by atoms with E-state index in [1.54, 1.807) is 6.92 Å². The van der Waals surface area contributed by atoms with Crippen LogP contribution in [0.3, 0.4) is 0 Å². The Balaban J connectivity index is 2.05. The Morgan fingerprint density at radius 3 is 1.89 bits per heavy atom. The summed E-state index contributed by atoms with van der Waals surface area (Å²) in [4.78, 5) is 35.6. The normalized spacial score (nSPS) is 11.8. The van der Waals surface area contributed by atoms with E-state index in [2.05, 4.69) is 10.1 Å². The molecular formula is C22H23NO5. The Kier molecular flexibility index (Phi) is 7.96. The van der Waals surface area contributed by atoms with Crippen LogP contribution in [0, 0.1) is 0 Å². The highest BCUT2D eigenvalue weighted by atomic mass is 16.5. The van der Waals surface area contributed by atoms with Crippen LogP contribution in [0.2, 0.25) is 0 Å². The first-order valence-electron chi connectivity index (χ1n) is 8.97. The van der Waals surface area contributed by atoms with Crippen LogP contribution in [0.1, 0.15) is 31.0 Å². The van der Waals surface area contributed by atoms with E-state index in [4.69, 9.17) is 4.74 Å². The summed E-state index contributed by atoms with van der Waals surface area (Å²) in [6.45, 7) is 3.34. The van der Waals surface area contributed by atoms with Crippen LogP contribution in [0.5, 0.6) is 0 Å². The van der Waals surface area contributed by atoms with E-state index in [0.29, 0.717) is 0 Å². The molecular weight excluding hydrogens is 358 g/mol. The average molecular weight is 381 g/mol. The van der Waals surface area contributed by atoms with Crippen LogP contribution in [-0.4, -0.2) is 30.6 Å². The predicted octanol–water partition coefficient (Wildman–Crippen LogP) is 2.94. The van der Waals surface area contributed by atoms with Crippen molar-refractivity contribution in [3.8, 4) is 0 Å². The molecule has 2 aromatic carbocycles. The van der Waals surface area contributed by atoms with Crippen molar-refractivity contribution in [1.29, 1.82) is 0 Å². The number of amides is 1. The first-order chi connectivity index (χ1) is 13.5. The van der Waals surface area contributed by atoms with Gasteiger partial charge in [-0.3, -0.25) is 4.79 Å². The van der Waals surface area contributed by atoms with E-state index in [0.717, 1.165) is 23.3 Å². The second-order valence-corrected chi connectivity index (χ2v) is 5.93. The van der Waals surface area contributed by atoms with Crippen molar-refractivity contribution in [2.24, 2.45) is 0 Å². The zero-order valence-corrected chi connectivity index (χ0v) is 15.8. The average Bonchev–Trinajstić information content (AvgIpc) is 2.71. The molecule has 0 aliphatic carbocycles. The molecule has 1 atom stereocenters. The molecule has 28 heavy (non-hydrogen) atoms. The molecule has 0 spiro atoms. The van der Waals surface area contributed by atoms with Gasteiger partial charge >= 0.3 is 11.9 Å². The monoisotopic (exact) mass is 381 g/mol. The van der Waals surface area contributed by atoms with Crippen LogP contribution < -0.4 is 5.32 Å². The van der Waals surface area contributed by atoms with Crippen LogP contribution in [0.15, 0.2) is 72.8 Å². The van der Waals surface area contributed by atoms with Crippen molar-refractivity contribution >= 4 is 17.8 Å². The van der Waals surface area contributed by atoms with E-state index >= 15 is 0 Å². The zero-order valence-electron chi connectivity index (χ0n) is 15.8. The third-order valence-corrected chi connectivity index (χ3v) is 3.86. The van der Waals surface area contributed by atoms with Gasteiger partial charge < -0.3 is 14.8 Å². The Bertz CT molecular complexity index is 778. The van der Waals surface area contributed by atoms with E-state index in [1.807, 2.05) is 60.7 Å². The summed E-state index contributed by atoms with van der Waals surface area (Å²) in [5, 5.41) is 2.91. The largest absolute Gasteiger partial charge is 0.463 e. The minimum atomic E-state index is -1.03. The number of nitrogens with one attached hydrogen (secondary N) is 1. The molecule has 0 bridgehead atoms. The number of rotatable bonds is 8. The molecule has 6 heteroatoms. The first-order valence-corrected chi connectivity index (χ1v) is 8.97. The van der Waals surface area contributed by atoms with Crippen LogP contribution in [0.25, 0.3) is 0 Å². The molecule has 0 heterocycles. The molecule has 0 saturated heterocycles. The minimum Gasteiger partial charge on any atom is -0.463 e. The third kappa shape index (κ3) is 6.39. The Labute approximate surface area is 164 Å². The maximum Gasteiger partial charge on any atom is 0.331 e. The quantitative estimate of drug-likeness (QED) is 0.562. The maximum absolute atomic E-state index is 12.6. The molecule has 2 aromatic rings. The van der Waals surface area contributed by atoms with Crippen LogP contribution >= 0.6 is 0 Å². The van der Waals surface area contributed by atoms with E-state index < -0.39 is 23.9 Å². The molecule has 0 aliphatic rings. The van der Waals surface area contributed by atoms with Gasteiger partial charge in [-0.25, -0.2) is 9.59 Å². The summed E-state index contributed by atoms with van der Waals surface area (Å²) in [6.07, 6.45) is 0.871. The summed E-state index contributed by atoms with van der Waals surface area (Å²) in [5.74, 6) is -1.90. The first kappa shape index (κ1) is 20.9. The molecule has 0 aliphatic heterocycles. The second kappa shape index (κ2) is 10.7. The summed E-state index contributed by atoms with van der Waals surface area (Å²) in [5.41, 5.74) is 1.81. The molecule has 0 radical (unpaired) electrons. The summed E-state index contributed by atoms with van der Waals surface area (Å²) < 4.78 is 9.75. The Hall–Kier alpha value is -3.41. The predicted molar refractivity (Wildman–Crippen MR) is 104 cm³/mol. The van der Waals surface area contributed by atoms with Gasteiger partial charge in [0.25, 0.3) is 5.91 Å². The fourth-order valence-corrected chi connectivity index (χ4v) is 2.50. The molecule has 0 saturated carbocycles. The molecule has 1 N–H and O–H groups in total. The highest BCUT2D eigenvalue weighted by Crippen LogP contribution is 2.22. The molecule has 0 aromatic heterocycles. The molecule has 1 amide bonds. The van der Waals surface area contributed by atoms with Gasteiger partial charge in [-0.05, 0) is 25.0 Å². The van der Waals surface area contributed by atoms with Gasteiger partial charge in [0.15, 0.2) is 6.10 Å². The highest BCUT2D eigenvalue weighted by molar-refractivity contribution is 5.93. The van der Waals surface area contributed by atoms with E-state index in [-0.39, 0.29) is 12.6 Å². The molecule has 146 valence electrons. The van der Waals surface area contributed by atoms with Crippen molar-refractivity contribution in [3.63, 3.8) is 0 Å². The lowest BCUT2D eigenvalue weighted by atomic mass is 9.98. The number of hydrogen-bond donors (Lipinski definition) is 1. The highest BCUT2D eigenvalue weighted by Gasteiger charge is 2.22. The lowest BCUT2D eigenvalue weighted by Gasteiger charge is -2.22. The van der Waals surface area contributed by atoms with Gasteiger partial charge in [0.1, 0.15) is 0 Å². The number of carbonyl (C=O) groups is 3. The van der Waals surface area contributed by atoms with E-state index in [9.17, 15) is 14.4 Å². The number of benzene rings is 2. The second-order valence-electron chi connectivity index (χ2n) is 5.93. The lowest BCUT2D eigenvalue weighted by molar-refractivity contribution is -0.150. The molecule has 0 fully saturated rings. The summed E-state index contributed by atoms with van der Waals surface area (Å²) >= 11 is 0. The van der Waals surface area contributed by atoms with Gasteiger partial charge in [0, 0.05) is 12.2 Å². The summed E-state index contributed by atoms with van der Waals surface area (Å²) in [7, 11) is 0. The molecule has 0 unspecified atom stereocenters. The lowest BCUT2D eigenvalue weighted by Crippen LogP contribution is -2.38. The smallest absolute Gasteiger partial charge is 0.331 e. The van der Waals surface area contributed by atoms with Crippen molar-refractivity contribution in [3.05, 3.63) is 83.9 Å². The van der Waals surface area contributed by atoms with Gasteiger partial charge in [-0.1, -0.05) is 60.7 Å². The minimum absolute atomic E-state index is 0.206. The fourth-order valence-electron chi connectivity index (χ4n) is 2.50. The Morgan fingerprint density at radius 2 is 1.39 bits per heavy atom. The maximum atomic E-state index is 12.6. The third-order valence-electron chi connectivity index (χ3n) is 3.86. The van der Waals surface area contributed by atoms with Crippen LogP contribution in [0.4, 0.5) is 0 Å². The van der Waals surface area contributed by atoms with Crippen molar-refractivity contribution in [2.45, 2.75) is 26.0 Å². The van der Waals surface area contributed by atoms with Crippen LogP contribution in [-0.2, 0) is 23.9 Å². The molecule has 2 rings (SSSR count). The van der Waals surface area contributed by atoms with Crippen molar-refractivity contribution in [1.82, 2.24) is 5.32 Å².